The zero-order chi connectivity index (χ0) is 12.8. The summed E-state index contributed by atoms with van der Waals surface area (Å²) in [6, 6.07) is -0.752. The first-order valence-corrected chi connectivity index (χ1v) is 6.41. The largest absolute Gasteiger partial charge is 0.480 e. The number of carboxylic acid groups (broad SMARTS) is 1. The molecule has 0 radical (unpaired) electrons. The molecular weight excluding hydrogens is 226 g/mol. The molecule has 0 saturated carbocycles. The van der Waals surface area contributed by atoms with E-state index in [9.17, 15) is 9.59 Å². The number of hydrogen-bond donors (Lipinski definition) is 2. The van der Waals surface area contributed by atoms with Gasteiger partial charge in [-0.05, 0) is 6.42 Å². The van der Waals surface area contributed by atoms with Crippen LogP contribution in [-0.2, 0) is 9.59 Å². The normalized spacial score (nSPS) is 13.2. The van der Waals surface area contributed by atoms with Gasteiger partial charge < -0.3 is 10.4 Å². The SMILES string of the molecule is CCCC(NC(=O)CSC(C)(C)C)C(=O)O. The van der Waals surface area contributed by atoms with Crippen LogP contribution in [0, 0.1) is 0 Å². The number of carbonyl (C=O) groups excluding carboxylic acids is 1. The summed E-state index contributed by atoms with van der Waals surface area (Å²) in [6.45, 7) is 7.95. The van der Waals surface area contributed by atoms with Crippen molar-refractivity contribution in [3.8, 4) is 0 Å². The zero-order valence-electron chi connectivity index (χ0n) is 10.4. The Balaban J connectivity index is 4.05. The molecule has 0 spiro atoms. The van der Waals surface area contributed by atoms with Crippen LogP contribution in [0.25, 0.3) is 0 Å². The molecule has 0 aromatic carbocycles. The lowest BCUT2D eigenvalue weighted by Gasteiger charge is -2.18. The monoisotopic (exact) mass is 247 g/mol. The molecule has 0 fully saturated rings. The van der Waals surface area contributed by atoms with Crippen LogP contribution in [0.5, 0.6) is 0 Å². The second-order valence-electron chi connectivity index (χ2n) is 4.65. The second kappa shape index (κ2) is 6.78. The fraction of sp³-hybridized carbons (Fsp3) is 0.818. The van der Waals surface area contributed by atoms with Crippen LogP contribution in [0.2, 0.25) is 0 Å². The molecule has 4 nitrogen and oxygen atoms in total. The molecular formula is C11H21NO3S. The first-order chi connectivity index (χ1) is 7.26. The molecule has 0 aromatic heterocycles. The molecule has 1 unspecified atom stereocenters. The molecule has 1 amide bonds. The molecule has 94 valence electrons. The molecule has 0 rings (SSSR count). The Morgan fingerprint density at radius 3 is 2.31 bits per heavy atom. The standard InChI is InChI=1S/C11H21NO3S/c1-5-6-8(10(14)15)12-9(13)7-16-11(2,3)4/h8H,5-7H2,1-4H3,(H,12,13)(H,14,15). The van der Waals surface area contributed by atoms with E-state index in [1.807, 2.05) is 27.7 Å². The molecule has 1 atom stereocenters. The van der Waals surface area contributed by atoms with Crippen LogP contribution in [0.1, 0.15) is 40.5 Å². The summed E-state index contributed by atoms with van der Waals surface area (Å²) in [4.78, 5) is 22.3. The van der Waals surface area contributed by atoms with Crippen LogP contribution >= 0.6 is 11.8 Å². The molecule has 2 N–H and O–H groups in total. The lowest BCUT2D eigenvalue weighted by atomic mass is 10.2. The van der Waals surface area contributed by atoms with E-state index in [0.29, 0.717) is 12.2 Å². The fourth-order valence-corrected chi connectivity index (χ4v) is 1.71. The van der Waals surface area contributed by atoms with E-state index < -0.39 is 12.0 Å². The number of thioether (sulfide) groups is 1. The summed E-state index contributed by atoms with van der Waals surface area (Å²) >= 11 is 1.51. The van der Waals surface area contributed by atoms with Crippen molar-refractivity contribution in [1.82, 2.24) is 5.32 Å². The lowest BCUT2D eigenvalue weighted by molar-refractivity contribution is -0.141. The van der Waals surface area contributed by atoms with Gasteiger partial charge in [-0.25, -0.2) is 4.79 Å². The van der Waals surface area contributed by atoms with E-state index in [4.69, 9.17) is 5.11 Å². The van der Waals surface area contributed by atoms with Gasteiger partial charge in [0.15, 0.2) is 0 Å². The number of aliphatic carboxylic acids is 1. The Morgan fingerprint density at radius 1 is 1.38 bits per heavy atom. The Kier molecular flexibility index (Phi) is 6.48. The zero-order valence-corrected chi connectivity index (χ0v) is 11.2. The third-order valence-corrected chi connectivity index (χ3v) is 3.12. The lowest BCUT2D eigenvalue weighted by Crippen LogP contribution is -2.41. The summed E-state index contributed by atoms with van der Waals surface area (Å²) in [5, 5.41) is 11.4. The molecule has 16 heavy (non-hydrogen) atoms. The quantitative estimate of drug-likeness (QED) is 0.752. The maximum Gasteiger partial charge on any atom is 0.326 e. The van der Waals surface area contributed by atoms with Crippen LogP contribution in [0.3, 0.4) is 0 Å². The predicted octanol–water partition coefficient (Wildman–Crippen LogP) is 1.89. The number of carboxylic acids is 1. The van der Waals surface area contributed by atoms with Crippen LogP contribution in [0.15, 0.2) is 0 Å². The Morgan fingerprint density at radius 2 is 1.94 bits per heavy atom. The van der Waals surface area contributed by atoms with Crippen molar-refractivity contribution < 1.29 is 14.7 Å². The number of hydrogen-bond acceptors (Lipinski definition) is 3. The van der Waals surface area contributed by atoms with Gasteiger partial charge in [-0.2, -0.15) is 0 Å². The van der Waals surface area contributed by atoms with Gasteiger partial charge in [0.2, 0.25) is 5.91 Å². The van der Waals surface area contributed by atoms with Crippen molar-refractivity contribution >= 4 is 23.6 Å². The minimum Gasteiger partial charge on any atom is -0.480 e. The first-order valence-electron chi connectivity index (χ1n) is 5.42. The van der Waals surface area contributed by atoms with Gasteiger partial charge in [0.05, 0.1) is 5.75 Å². The number of carbonyl (C=O) groups is 2. The maximum absolute atomic E-state index is 11.5. The molecule has 0 aliphatic carbocycles. The van der Waals surface area contributed by atoms with Crippen molar-refractivity contribution in [1.29, 1.82) is 0 Å². The van der Waals surface area contributed by atoms with Gasteiger partial charge in [-0.1, -0.05) is 34.1 Å². The van der Waals surface area contributed by atoms with Gasteiger partial charge in [0, 0.05) is 4.75 Å². The topological polar surface area (TPSA) is 66.4 Å². The average Bonchev–Trinajstić information content (AvgIpc) is 2.13. The third kappa shape index (κ3) is 7.56. The van der Waals surface area contributed by atoms with Gasteiger partial charge >= 0.3 is 5.97 Å². The van der Waals surface area contributed by atoms with Gasteiger partial charge in [0.25, 0.3) is 0 Å². The van der Waals surface area contributed by atoms with Crippen molar-refractivity contribution in [2.75, 3.05) is 5.75 Å². The molecule has 0 aromatic rings. The Labute approximate surface area is 101 Å². The molecule has 0 saturated heterocycles. The van der Waals surface area contributed by atoms with E-state index in [0.717, 1.165) is 6.42 Å². The van der Waals surface area contributed by atoms with Crippen LogP contribution < -0.4 is 5.32 Å². The van der Waals surface area contributed by atoms with Crippen molar-refractivity contribution in [3.05, 3.63) is 0 Å². The third-order valence-electron chi connectivity index (χ3n) is 1.85. The van der Waals surface area contributed by atoms with Gasteiger partial charge in [0.1, 0.15) is 6.04 Å². The second-order valence-corrected chi connectivity index (χ2v) is 6.45. The van der Waals surface area contributed by atoms with E-state index >= 15 is 0 Å². The van der Waals surface area contributed by atoms with Crippen molar-refractivity contribution in [3.63, 3.8) is 0 Å². The number of amides is 1. The molecule has 5 heteroatoms. The maximum atomic E-state index is 11.5. The number of nitrogens with one attached hydrogen (secondary N) is 1. The van der Waals surface area contributed by atoms with Crippen molar-refractivity contribution in [2.24, 2.45) is 0 Å². The number of rotatable bonds is 6. The molecule has 0 heterocycles. The molecule has 0 aliphatic heterocycles. The van der Waals surface area contributed by atoms with Gasteiger partial charge in [-0.15, -0.1) is 11.8 Å². The summed E-state index contributed by atoms with van der Waals surface area (Å²) in [5.41, 5.74) is 0. The summed E-state index contributed by atoms with van der Waals surface area (Å²) in [5.74, 6) is -0.867. The van der Waals surface area contributed by atoms with E-state index in [2.05, 4.69) is 5.32 Å². The summed E-state index contributed by atoms with van der Waals surface area (Å²) in [7, 11) is 0. The van der Waals surface area contributed by atoms with Crippen molar-refractivity contribution in [2.45, 2.75) is 51.3 Å². The van der Waals surface area contributed by atoms with Gasteiger partial charge in [-0.3, -0.25) is 4.79 Å². The van der Waals surface area contributed by atoms with Crippen LogP contribution in [-0.4, -0.2) is 33.5 Å². The Bertz CT molecular complexity index is 248. The van der Waals surface area contributed by atoms with Crippen LogP contribution in [0.4, 0.5) is 0 Å². The first kappa shape index (κ1) is 15.3. The average molecular weight is 247 g/mol. The highest BCUT2D eigenvalue weighted by Crippen LogP contribution is 2.22. The highest BCUT2D eigenvalue weighted by molar-refractivity contribution is 8.01. The summed E-state index contributed by atoms with van der Waals surface area (Å²) in [6.07, 6.45) is 1.21. The van der Waals surface area contributed by atoms with E-state index in [1.165, 1.54) is 11.8 Å². The highest BCUT2D eigenvalue weighted by Gasteiger charge is 2.20. The highest BCUT2D eigenvalue weighted by atomic mass is 32.2. The molecule has 0 aliphatic rings. The summed E-state index contributed by atoms with van der Waals surface area (Å²) < 4.78 is 0.0147. The smallest absolute Gasteiger partial charge is 0.326 e. The minimum absolute atomic E-state index is 0.0147. The minimum atomic E-state index is -0.962. The fourth-order valence-electron chi connectivity index (χ4n) is 1.06. The Hall–Kier alpha value is -0.710. The van der Waals surface area contributed by atoms with E-state index in [1.54, 1.807) is 0 Å². The van der Waals surface area contributed by atoms with E-state index in [-0.39, 0.29) is 10.7 Å². The molecule has 0 bridgehead atoms. The predicted molar refractivity (Wildman–Crippen MR) is 66.7 cm³/mol.